The lowest BCUT2D eigenvalue weighted by Gasteiger charge is -2.32. The SMILES string of the molecule is O=C(NCCO)C(c1ccccc1)N(Cc1ccc(Cl)cc1)C(=O)CCc1ccccc1. The molecule has 3 aromatic carbocycles. The minimum absolute atomic E-state index is 0.120. The summed E-state index contributed by atoms with van der Waals surface area (Å²) in [5.41, 5.74) is 2.65. The van der Waals surface area contributed by atoms with E-state index in [1.807, 2.05) is 72.8 Å². The van der Waals surface area contributed by atoms with E-state index in [1.54, 1.807) is 17.0 Å². The minimum atomic E-state index is -0.818. The summed E-state index contributed by atoms with van der Waals surface area (Å²) in [6.07, 6.45) is 0.852. The standard InChI is InChI=1S/C26H27ClN2O3/c27-23-14-11-21(12-15-23)19-29(24(31)16-13-20-7-3-1-4-8-20)25(26(32)28-17-18-30)22-9-5-2-6-10-22/h1-12,14-15,25,30H,13,16-19H2,(H,28,32). The Balaban J connectivity index is 1.91. The van der Waals surface area contributed by atoms with Gasteiger partial charge in [0.05, 0.1) is 6.61 Å². The average Bonchev–Trinajstić information content (AvgIpc) is 2.83. The third kappa shape index (κ3) is 6.67. The lowest BCUT2D eigenvalue weighted by Crippen LogP contribution is -2.44. The molecule has 0 bridgehead atoms. The van der Waals surface area contributed by atoms with Crippen LogP contribution in [0.25, 0.3) is 0 Å². The second-order valence-corrected chi connectivity index (χ2v) is 7.90. The first-order valence-corrected chi connectivity index (χ1v) is 11.0. The van der Waals surface area contributed by atoms with Gasteiger partial charge >= 0.3 is 0 Å². The van der Waals surface area contributed by atoms with Crippen molar-refractivity contribution >= 4 is 23.4 Å². The smallest absolute Gasteiger partial charge is 0.247 e. The summed E-state index contributed by atoms with van der Waals surface area (Å²) in [5, 5.41) is 12.5. The Morgan fingerprint density at radius 3 is 2.12 bits per heavy atom. The molecule has 0 aliphatic rings. The number of nitrogens with zero attached hydrogens (tertiary/aromatic N) is 1. The maximum atomic E-state index is 13.5. The van der Waals surface area contributed by atoms with Crippen LogP contribution in [0.5, 0.6) is 0 Å². The number of carbonyl (C=O) groups is 2. The highest BCUT2D eigenvalue weighted by atomic mass is 35.5. The van der Waals surface area contributed by atoms with Crippen molar-refractivity contribution in [3.63, 3.8) is 0 Å². The number of aliphatic hydroxyl groups is 1. The largest absolute Gasteiger partial charge is 0.395 e. The van der Waals surface area contributed by atoms with E-state index in [9.17, 15) is 14.7 Å². The monoisotopic (exact) mass is 450 g/mol. The van der Waals surface area contributed by atoms with Crippen LogP contribution in [-0.4, -0.2) is 35.0 Å². The molecular weight excluding hydrogens is 424 g/mol. The zero-order chi connectivity index (χ0) is 22.8. The van der Waals surface area contributed by atoms with Gasteiger partial charge in [0.1, 0.15) is 6.04 Å². The van der Waals surface area contributed by atoms with Gasteiger partial charge in [-0.05, 0) is 35.2 Å². The van der Waals surface area contributed by atoms with Crippen LogP contribution in [-0.2, 0) is 22.6 Å². The van der Waals surface area contributed by atoms with E-state index in [2.05, 4.69) is 5.32 Å². The molecule has 0 aromatic heterocycles. The van der Waals surface area contributed by atoms with Gasteiger partial charge in [-0.25, -0.2) is 0 Å². The molecule has 3 rings (SSSR count). The molecule has 32 heavy (non-hydrogen) atoms. The summed E-state index contributed by atoms with van der Waals surface area (Å²) in [5.74, 6) is -0.455. The molecule has 0 fully saturated rings. The Labute approximate surface area is 193 Å². The number of nitrogens with one attached hydrogen (secondary N) is 1. The van der Waals surface area contributed by atoms with Crippen molar-refractivity contribution < 1.29 is 14.7 Å². The highest BCUT2D eigenvalue weighted by Gasteiger charge is 2.31. The van der Waals surface area contributed by atoms with Gasteiger partial charge < -0.3 is 15.3 Å². The highest BCUT2D eigenvalue weighted by Crippen LogP contribution is 2.25. The summed E-state index contributed by atoms with van der Waals surface area (Å²) in [6, 6.07) is 25.5. The molecule has 166 valence electrons. The van der Waals surface area contributed by atoms with Crippen molar-refractivity contribution in [2.45, 2.75) is 25.4 Å². The topological polar surface area (TPSA) is 69.6 Å². The molecule has 5 nitrogen and oxygen atoms in total. The summed E-state index contributed by atoms with van der Waals surface area (Å²) < 4.78 is 0. The number of halogens is 1. The van der Waals surface area contributed by atoms with Gasteiger partial charge in [0, 0.05) is 24.5 Å². The van der Waals surface area contributed by atoms with Crippen molar-refractivity contribution in [1.82, 2.24) is 10.2 Å². The zero-order valence-electron chi connectivity index (χ0n) is 17.8. The zero-order valence-corrected chi connectivity index (χ0v) is 18.5. The molecule has 0 saturated heterocycles. The van der Waals surface area contributed by atoms with E-state index in [0.29, 0.717) is 17.0 Å². The molecule has 0 saturated carbocycles. The molecule has 2 amide bonds. The molecule has 0 spiro atoms. The molecule has 0 aliphatic heterocycles. The fraction of sp³-hybridized carbons (Fsp3) is 0.231. The normalized spacial score (nSPS) is 11.6. The lowest BCUT2D eigenvalue weighted by atomic mass is 10.0. The second kappa shape index (κ2) is 12.0. The molecule has 3 aromatic rings. The molecule has 6 heteroatoms. The van der Waals surface area contributed by atoms with Crippen LogP contribution in [0.1, 0.15) is 29.2 Å². The molecule has 2 N–H and O–H groups in total. The molecular formula is C26H27ClN2O3. The number of amides is 2. The quantitative estimate of drug-likeness (QED) is 0.487. The number of carbonyl (C=O) groups excluding carboxylic acids is 2. The lowest BCUT2D eigenvalue weighted by molar-refractivity contribution is -0.141. The van der Waals surface area contributed by atoms with E-state index in [0.717, 1.165) is 11.1 Å². The van der Waals surface area contributed by atoms with Crippen LogP contribution in [0.3, 0.4) is 0 Å². The fourth-order valence-electron chi connectivity index (χ4n) is 3.53. The van der Waals surface area contributed by atoms with Crippen LogP contribution in [0.2, 0.25) is 5.02 Å². The fourth-order valence-corrected chi connectivity index (χ4v) is 3.66. The predicted molar refractivity (Wildman–Crippen MR) is 126 cm³/mol. The Kier molecular flexibility index (Phi) is 8.84. The van der Waals surface area contributed by atoms with Gasteiger partial charge in [-0.3, -0.25) is 9.59 Å². The predicted octanol–water partition coefficient (Wildman–Crippen LogP) is 4.15. The summed E-state index contributed by atoms with van der Waals surface area (Å²) >= 11 is 6.03. The number of aliphatic hydroxyl groups excluding tert-OH is 1. The first kappa shape index (κ1) is 23.5. The Morgan fingerprint density at radius 2 is 1.50 bits per heavy atom. The number of benzene rings is 3. The first-order valence-electron chi connectivity index (χ1n) is 10.6. The van der Waals surface area contributed by atoms with Crippen molar-refractivity contribution in [1.29, 1.82) is 0 Å². The third-order valence-corrected chi connectivity index (χ3v) is 5.40. The van der Waals surface area contributed by atoms with E-state index in [1.165, 1.54) is 0 Å². The van der Waals surface area contributed by atoms with Gasteiger partial charge in [0.25, 0.3) is 0 Å². The summed E-state index contributed by atoms with van der Waals surface area (Å²) in [7, 11) is 0. The van der Waals surface area contributed by atoms with E-state index >= 15 is 0 Å². The molecule has 1 atom stereocenters. The van der Waals surface area contributed by atoms with Crippen LogP contribution < -0.4 is 5.32 Å². The number of rotatable bonds is 10. The molecule has 0 radical (unpaired) electrons. The van der Waals surface area contributed by atoms with E-state index < -0.39 is 6.04 Å². The number of aryl methyl sites for hydroxylation is 1. The van der Waals surface area contributed by atoms with Crippen LogP contribution in [0.4, 0.5) is 0 Å². The molecule has 0 heterocycles. The molecule has 1 unspecified atom stereocenters. The number of hydrogen-bond donors (Lipinski definition) is 2. The molecule has 0 aliphatic carbocycles. The van der Waals surface area contributed by atoms with E-state index in [4.69, 9.17) is 11.6 Å². The Morgan fingerprint density at radius 1 is 0.875 bits per heavy atom. The average molecular weight is 451 g/mol. The van der Waals surface area contributed by atoms with Gasteiger partial charge in [-0.15, -0.1) is 0 Å². The van der Waals surface area contributed by atoms with Crippen molar-refractivity contribution in [2.75, 3.05) is 13.2 Å². The van der Waals surface area contributed by atoms with Crippen molar-refractivity contribution in [2.24, 2.45) is 0 Å². The number of hydrogen-bond acceptors (Lipinski definition) is 3. The van der Waals surface area contributed by atoms with Crippen LogP contribution in [0.15, 0.2) is 84.9 Å². The van der Waals surface area contributed by atoms with Gasteiger partial charge in [-0.2, -0.15) is 0 Å². The van der Waals surface area contributed by atoms with Gasteiger partial charge in [0.15, 0.2) is 0 Å². The summed E-state index contributed by atoms with van der Waals surface area (Å²) in [4.78, 5) is 28.2. The van der Waals surface area contributed by atoms with Crippen molar-refractivity contribution in [3.05, 3.63) is 107 Å². The van der Waals surface area contributed by atoms with Gasteiger partial charge in [0.2, 0.25) is 11.8 Å². The van der Waals surface area contributed by atoms with Crippen LogP contribution >= 0.6 is 11.6 Å². The Hall–Kier alpha value is -3.15. The van der Waals surface area contributed by atoms with Crippen LogP contribution in [0, 0.1) is 0 Å². The Bertz CT molecular complexity index is 995. The minimum Gasteiger partial charge on any atom is -0.395 e. The summed E-state index contributed by atoms with van der Waals surface area (Å²) in [6.45, 7) is 0.207. The first-order chi connectivity index (χ1) is 15.6. The maximum Gasteiger partial charge on any atom is 0.247 e. The maximum absolute atomic E-state index is 13.5. The van der Waals surface area contributed by atoms with Gasteiger partial charge in [-0.1, -0.05) is 84.4 Å². The third-order valence-electron chi connectivity index (χ3n) is 5.14. The second-order valence-electron chi connectivity index (χ2n) is 7.46. The van der Waals surface area contributed by atoms with Crippen molar-refractivity contribution in [3.8, 4) is 0 Å². The van der Waals surface area contributed by atoms with E-state index in [-0.39, 0.29) is 37.9 Å². The highest BCUT2D eigenvalue weighted by molar-refractivity contribution is 6.30.